The van der Waals surface area contributed by atoms with Gasteiger partial charge in [0.15, 0.2) is 17.5 Å². The molecule has 2 N–H and O–H groups in total. The van der Waals surface area contributed by atoms with Crippen molar-refractivity contribution in [3.8, 4) is 11.5 Å². The normalized spacial score (nSPS) is 12.1. The average molecular weight is 475 g/mol. The lowest BCUT2D eigenvalue weighted by Crippen LogP contribution is -2.41. The minimum absolute atomic E-state index is 0. The minimum Gasteiger partial charge on any atom is -0.493 e. The van der Waals surface area contributed by atoms with Gasteiger partial charge in [-0.3, -0.25) is 4.99 Å². The molecule has 25 heavy (non-hydrogen) atoms. The number of hydrogen-bond acceptors (Lipinski definition) is 4. The van der Waals surface area contributed by atoms with Crippen molar-refractivity contribution in [1.29, 1.82) is 0 Å². The third kappa shape index (κ3) is 6.74. The van der Waals surface area contributed by atoms with Crippen LogP contribution in [0.15, 0.2) is 40.7 Å². The molecular weight excluding hydrogens is 449 g/mol. The summed E-state index contributed by atoms with van der Waals surface area (Å²) >= 11 is 1.75. The highest BCUT2D eigenvalue weighted by Gasteiger charge is 2.09. The van der Waals surface area contributed by atoms with Gasteiger partial charge in [0, 0.05) is 11.9 Å². The summed E-state index contributed by atoms with van der Waals surface area (Å²) in [6.45, 7) is 5.54. The van der Waals surface area contributed by atoms with Crippen LogP contribution in [0.1, 0.15) is 17.4 Å². The lowest BCUT2D eigenvalue weighted by Gasteiger charge is -2.19. The van der Waals surface area contributed by atoms with Crippen LogP contribution in [-0.4, -0.2) is 32.8 Å². The van der Waals surface area contributed by atoms with E-state index in [-0.39, 0.29) is 30.1 Å². The van der Waals surface area contributed by atoms with E-state index < -0.39 is 0 Å². The van der Waals surface area contributed by atoms with Gasteiger partial charge in [-0.1, -0.05) is 12.1 Å². The van der Waals surface area contributed by atoms with Gasteiger partial charge in [0.2, 0.25) is 0 Å². The summed E-state index contributed by atoms with van der Waals surface area (Å²) in [6.07, 6.45) is -0.0247. The molecule has 0 bridgehead atoms. The second kappa shape index (κ2) is 11.2. The van der Waals surface area contributed by atoms with E-state index in [4.69, 9.17) is 9.47 Å². The van der Waals surface area contributed by atoms with Gasteiger partial charge in [0.05, 0.1) is 20.2 Å². The van der Waals surface area contributed by atoms with Crippen LogP contribution in [0, 0.1) is 6.92 Å². The molecule has 1 heterocycles. The van der Waals surface area contributed by atoms with Gasteiger partial charge in [-0.05, 0) is 43.0 Å². The molecule has 1 atom stereocenters. The third-order valence-corrected chi connectivity index (χ3v) is 4.59. The molecule has 0 amide bonds. The van der Waals surface area contributed by atoms with Crippen molar-refractivity contribution in [3.05, 3.63) is 46.2 Å². The molecule has 2 rings (SSSR count). The number of nitrogens with zero attached hydrogens (tertiary/aromatic N) is 1. The summed E-state index contributed by atoms with van der Waals surface area (Å²) in [6, 6.07) is 9.77. The predicted molar refractivity (Wildman–Crippen MR) is 116 cm³/mol. The van der Waals surface area contributed by atoms with Gasteiger partial charge < -0.3 is 20.1 Å². The van der Waals surface area contributed by atoms with E-state index in [9.17, 15) is 0 Å². The first-order valence-corrected chi connectivity index (χ1v) is 8.79. The Bertz CT molecular complexity index is 676. The second-order valence-electron chi connectivity index (χ2n) is 5.41. The highest BCUT2D eigenvalue weighted by atomic mass is 127. The first-order chi connectivity index (χ1) is 11.6. The van der Waals surface area contributed by atoms with Crippen molar-refractivity contribution in [2.45, 2.75) is 26.5 Å². The zero-order chi connectivity index (χ0) is 17.4. The lowest BCUT2D eigenvalue weighted by molar-refractivity contribution is 0.213. The number of hydrogen-bond donors (Lipinski definition) is 2. The number of thiophene rings is 1. The number of aryl methyl sites for hydroxylation is 1. The van der Waals surface area contributed by atoms with Crippen molar-refractivity contribution in [2.24, 2.45) is 4.99 Å². The molecule has 0 saturated heterocycles. The van der Waals surface area contributed by atoms with E-state index >= 15 is 0 Å². The molecule has 0 radical (unpaired) electrons. The zero-order valence-corrected chi connectivity index (χ0v) is 18.2. The van der Waals surface area contributed by atoms with E-state index in [2.05, 4.69) is 34.0 Å². The zero-order valence-electron chi connectivity index (χ0n) is 15.0. The fourth-order valence-electron chi connectivity index (χ4n) is 2.18. The highest BCUT2D eigenvalue weighted by Crippen LogP contribution is 2.26. The van der Waals surface area contributed by atoms with Crippen LogP contribution in [0.3, 0.4) is 0 Å². The molecular formula is C18H26IN3O2S. The summed E-state index contributed by atoms with van der Waals surface area (Å²) in [7, 11) is 3.41. The van der Waals surface area contributed by atoms with Crippen LogP contribution in [0.5, 0.6) is 11.5 Å². The Hall–Kier alpha value is -1.48. The maximum absolute atomic E-state index is 5.93. The number of methoxy groups -OCH3 is 1. The topological polar surface area (TPSA) is 54.9 Å². The molecule has 1 unspecified atom stereocenters. The van der Waals surface area contributed by atoms with Crippen LogP contribution in [0.4, 0.5) is 0 Å². The molecule has 1 aromatic carbocycles. The summed E-state index contributed by atoms with van der Waals surface area (Å²) in [4.78, 5) is 5.56. The maximum Gasteiger partial charge on any atom is 0.191 e. The summed E-state index contributed by atoms with van der Waals surface area (Å²) in [5.41, 5.74) is 1.30. The Morgan fingerprint density at radius 1 is 1.20 bits per heavy atom. The number of guanidine groups is 1. The number of para-hydroxylation sites is 2. The van der Waals surface area contributed by atoms with Crippen LogP contribution < -0.4 is 20.1 Å². The van der Waals surface area contributed by atoms with Crippen molar-refractivity contribution < 1.29 is 9.47 Å². The summed E-state index contributed by atoms with van der Waals surface area (Å²) in [5, 5.41) is 8.71. The first kappa shape index (κ1) is 21.6. The molecule has 138 valence electrons. The molecule has 0 saturated carbocycles. The van der Waals surface area contributed by atoms with Gasteiger partial charge >= 0.3 is 0 Å². The van der Waals surface area contributed by atoms with Crippen LogP contribution in [0.25, 0.3) is 0 Å². The quantitative estimate of drug-likeness (QED) is 0.363. The molecule has 0 fully saturated rings. The molecule has 7 heteroatoms. The van der Waals surface area contributed by atoms with Gasteiger partial charge in [-0.25, -0.2) is 0 Å². The Kier molecular flexibility index (Phi) is 9.66. The maximum atomic E-state index is 5.93. The molecule has 5 nitrogen and oxygen atoms in total. The molecule has 0 aliphatic carbocycles. The number of aliphatic imine (C=N–C) groups is 1. The lowest BCUT2D eigenvalue weighted by atomic mass is 10.3. The molecule has 2 aromatic rings. The largest absolute Gasteiger partial charge is 0.493 e. The van der Waals surface area contributed by atoms with E-state index in [0.717, 1.165) is 24.0 Å². The molecule has 0 spiro atoms. The Morgan fingerprint density at radius 3 is 2.52 bits per heavy atom. The van der Waals surface area contributed by atoms with Gasteiger partial charge in [-0.2, -0.15) is 0 Å². The molecule has 0 aliphatic rings. The molecule has 1 aromatic heterocycles. The smallest absolute Gasteiger partial charge is 0.191 e. The average Bonchev–Trinajstić information content (AvgIpc) is 3.00. The summed E-state index contributed by atoms with van der Waals surface area (Å²) in [5.74, 6) is 2.24. The standard InChI is InChI=1S/C18H25N3O2S.HI/c1-13-9-10-24-17(13)12-21-18(19-3)20-11-14(2)23-16-8-6-5-7-15(16)22-4;/h5-10,14H,11-12H2,1-4H3,(H2,19,20,21);1H. The number of halogens is 1. The number of ether oxygens (including phenoxy) is 2. The predicted octanol–water partition coefficient (Wildman–Crippen LogP) is 3.82. The fraction of sp³-hybridized carbons (Fsp3) is 0.389. The van der Waals surface area contributed by atoms with E-state index in [0.29, 0.717) is 6.54 Å². The van der Waals surface area contributed by atoms with E-state index in [1.165, 1.54) is 10.4 Å². The Morgan fingerprint density at radius 2 is 1.92 bits per heavy atom. The monoisotopic (exact) mass is 475 g/mol. The summed E-state index contributed by atoms with van der Waals surface area (Å²) < 4.78 is 11.2. The van der Waals surface area contributed by atoms with Crippen molar-refractivity contribution in [1.82, 2.24) is 10.6 Å². The highest BCUT2D eigenvalue weighted by molar-refractivity contribution is 14.0. The second-order valence-corrected chi connectivity index (χ2v) is 6.41. The molecule has 0 aliphatic heterocycles. The third-order valence-electron chi connectivity index (χ3n) is 3.56. The number of nitrogens with one attached hydrogen (secondary N) is 2. The first-order valence-electron chi connectivity index (χ1n) is 7.91. The van der Waals surface area contributed by atoms with Crippen LogP contribution in [0.2, 0.25) is 0 Å². The van der Waals surface area contributed by atoms with Crippen molar-refractivity contribution >= 4 is 41.3 Å². The van der Waals surface area contributed by atoms with E-state index in [1.807, 2.05) is 31.2 Å². The van der Waals surface area contributed by atoms with Gasteiger partial charge in [-0.15, -0.1) is 35.3 Å². The van der Waals surface area contributed by atoms with Gasteiger partial charge in [0.25, 0.3) is 0 Å². The minimum atomic E-state index is -0.0247. The van der Waals surface area contributed by atoms with Crippen LogP contribution >= 0.6 is 35.3 Å². The van der Waals surface area contributed by atoms with E-state index in [1.54, 1.807) is 25.5 Å². The fourth-order valence-corrected chi connectivity index (χ4v) is 3.03. The number of rotatable bonds is 7. The van der Waals surface area contributed by atoms with Crippen LogP contribution in [-0.2, 0) is 6.54 Å². The van der Waals surface area contributed by atoms with Crippen molar-refractivity contribution in [3.63, 3.8) is 0 Å². The number of benzene rings is 1. The van der Waals surface area contributed by atoms with Crippen molar-refractivity contribution in [2.75, 3.05) is 20.7 Å². The Balaban J connectivity index is 0.00000312. The SMILES string of the molecule is CN=C(NCc1sccc1C)NCC(C)Oc1ccccc1OC.I. The van der Waals surface area contributed by atoms with Gasteiger partial charge in [0.1, 0.15) is 6.10 Å². The Labute approximate surface area is 170 Å².